The van der Waals surface area contributed by atoms with E-state index in [0.29, 0.717) is 6.10 Å². The summed E-state index contributed by atoms with van der Waals surface area (Å²) in [6, 6.07) is 0. The predicted molar refractivity (Wildman–Crippen MR) is 84.2 cm³/mol. The van der Waals surface area contributed by atoms with Crippen LogP contribution in [0.5, 0.6) is 0 Å². The van der Waals surface area contributed by atoms with Gasteiger partial charge in [-0.1, -0.05) is 19.3 Å². The molecule has 1 spiro atoms. The van der Waals surface area contributed by atoms with E-state index in [1.54, 1.807) is 0 Å². The van der Waals surface area contributed by atoms with Crippen molar-refractivity contribution in [3.05, 3.63) is 0 Å². The maximum Gasteiger partial charge on any atom is 0.0723 e. The minimum absolute atomic E-state index is 0.0495. The monoisotopic (exact) mass is 299 g/mol. The van der Waals surface area contributed by atoms with E-state index in [0.717, 1.165) is 38.9 Å². The Morgan fingerprint density at radius 1 is 1.10 bits per heavy atom. The minimum atomic E-state index is -0.0495. The number of rotatable bonds is 3. The van der Waals surface area contributed by atoms with E-state index in [4.69, 9.17) is 15.2 Å². The SMILES string of the molecule is NC1(COC2CCOC3(CCSCC3)C2)CCCCC1. The number of hydrogen-bond acceptors (Lipinski definition) is 4. The molecule has 1 aliphatic carbocycles. The van der Waals surface area contributed by atoms with Gasteiger partial charge in [-0.2, -0.15) is 11.8 Å². The molecule has 1 unspecified atom stereocenters. The minimum Gasteiger partial charge on any atom is -0.376 e. The third kappa shape index (κ3) is 3.70. The zero-order valence-corrected chi connectivity index (χ0v) is 13.4. The third-order valence-electron chi connectivity index (χ3n) is 5.31. The first kappa shape index (κ1) is 15.1. The Morgan fingerprint density at radius 3 is 2.60 bits per heavy atom. The van der Waals surface area contributed by atoms with Crippen LogP contribution in [0.15, 0.2) is 0 Å². The van der Waals surface area contributed by atoms with Crippen LogP contribution in [0, 0.1) is 0 Å². The summed E-state index contributed by atoms with van der Waals surface area (Å²) < 4.78 is 12.4. The lowest BCUT2D eigenvalue weighted by Gasteiger charge is -2.44. The van der Waals surface area contributed by atoms with E-state index < -0.39 is 0 Å². The Hall–Kier alpha value is 0.230. The van der Waals surface area contributed by atoms with Crippen LogP contribution in [0.1, 0.15) is 57.8 Å². The molecule has 116 valence electrons. The molecule has 0 amide bonds. The topological polar surface area (TPSA) is 44.5 Å². The molecule has 1 atom stereocenters. The fourth-order valence-corrected chi connectivity index (χ4v) is 5.14. The van der Waals surface area contributed by atoms with Crippen LogP contribution in [0.4, 0.5) is 0 Å². The number of ether oxygens (including phenoxy) is 2. The molecule has 4 heteroatoms. The lowest BCUT2D eigenvalue weighted by Crippen LogP contribution is -2.49. The zero-order chi connectivity index (χ0) is 13.9. The van der Waals surface area contributed by atoms with Crippen molar-refractivity contribution in [3.63, 3.8) is 0 Å². The fraction of sp³-hybridized carbons (Fsp3) is 1.00. The van der Waals surface area contributed by atoms with Gasteiger partial charge in [0.1, 0.15) is 0 Å². The van der Waals surface area contributed by atoms with Gasteiger partial charge in [0.05, 0.1) is 18.3 Å². The van der Waals surface area contributed by atoms with Crippen LogP contribution in [0.3, 0.4) is 0 Å². The normalized spacial score (nSPS) is 33.1. The third-order valence-corrected chi connectivity index (χ3v) is 6.29. The van der Waals surface area contributed by atoms with Gasteiger partial charge in [-0.25, -0.2) is 0 Å². The second-order valence-electron chi connectivity index (χ2n) is 6.99. The molecule has 1 saturated carbocycles. The highest BCUT2D eigenvalue weighted by Gasteiger charge is 2.40. The molecular formula is C16H29NO2S. The average molecular weight is 299 g/mol. The number of hydrogen-bond donors (Lipinski definition) is 1. The molecule has 0 aromatic carbocycles. The molecule has 2 aliphatic heterocycles. The molecule has 3 aliphatic rings. The Balaban J connectivity index is 1.49. The second-order valence-corrected chi connectivity index (χ2v) is 8.22. The molecule has 0 bridgehead atoms. The summed E-state index contributed by atoms with van der Waals surface area (Å²) in [4.78, 5) is 0. The molecule has 0 aromatic rings. The molecule has 0 aromatic heterocycles. The van der Waals surface area contributed by atoms with Gasteiger partial charge in [-0.3, -0.25) is 0 Å². The van der Waals surface area contributed by atoms with Gasteiger partial charge in [-0.05, 0) is 43.6 Å². The van der Waals surface area contributed by atoms with Gasteiger partial charge >= 0.3 is 0 Å². The van der Waals surface area contributed by atoms with Gasteiger partial charge in [0.15, 0.2) is 0 Å². The van der Waals surface area contributed by atoms with Crippen LogP contribution in [0.2, 0.25) is 0 Å². The van der Waals surface area contributed by atoms with Crippen molar-refractivity contribution in [1.82, 2.24) is 0 Å². The standard InChI is InChI=1S/C16H29NO2S/c17-15(5-2-1-3-6-15)13-18-14-4-9-19-16(12-14)7-10-20-11-8-16/h14H,1-13,17H2. The van der Waals surface area contributed by atoms with Crippen molar-refractivity contribution >= 4 is 11.8 Å². The van der Waals surface area contributed by atoms with Crippen LogP contribution in [-0.4, -0.2) is 42.0 Å². The molecule has 3 fully saturated rings. The van der Waals surface area contributed by atoms with Crippen molar-refractivity contribution in [2.45, 2.75) is 75.0 Å². The summed E-state index contributed by atoms with van der Waals surface area (Å²) in [5, 5.41) is 0. The summed E-state index contributed by atoms with van der Waals surface area (Å²) in [6.07, 6.45) is 11.1. The average Bonchev–Trinajstić information content (AvgIpc) is 2.47. The van der Waals surface area contributed by atoms with E-state index in [2.05, 4.69) is 11.8 Å². The molecule has 2 N–H and O–H groups in total. The highest BCUT2D eigenvalue weighted by molar-refractivity contribution is 7.99. The smallest absolute Gasteiger partial charge is 0.0723 e. The first-order valence-corrected chi connectivity index (χ1v) is 9.48. The van der Waals surface area contributed by atoms with E-state index in [1.165, 1.54) is 43.6 Å². The molecule has 3 nitrogen and oxygen atoms in total. The molecule has 0 radical (unpaired) electrons. The summed E-state index contributed by atoms with van der Waals surface area (Å²) in [6.45, 7) is 1.62. The van der Waals surface area contributed by atoms with Crippen molar-refractivity contribution in [3.8, 4) is 0 Å². The van der Waals surface area contributed by atoms with E-state index >= 15 is 0 Å². The van der Waals surface area contributed by atoms with E-state index in [9.17, 15) is 0 Å². The molecule has 3 rings (SSSR count). The predicted octanol–water partition coefficient (Wildman–Crippen LogP) is 3.11. The van der Waals surface area contributed by atoms with Gasteiger partial charge in [0.2, 0.25) is 0 Å². The summed E-state index contributed by atoms with van der Waals surface area (Å²) in [5.41, 5.74) is 6.56. The summed E-state index contributed by atoms with van der Waals surface area (Å²) in [5.74, 6) is 2.49. The Kier molecular flexibility index (Phi) is 4.96. The summed E-state index contributed by atoms with van der Waals surface area (Å²) in [7, 11) is 0. The quantitative estimate of drug-likeness (QED) is 0.869. The van der Waals surface area contributed by atoms with Gasteiger partial charge in [0.25, 0.3) is 0 Å². The van der Waals surface area contributed by atoms with Crippen LogP contribution in [-0.2, 0) is 9.47 Å². The number of nitrogens with two attached hydrogens (primary N) is 1. The second kappa shape index (κ2) is 6.55. The molecule has 20 heavy (non-hydrogen) atoms. The highest BCUT2D eigenvalue weighted by Crippen LogP contribution is 2.38. The molecule has 2 heterocycles. The first-order valence-electron chi connectivity index (χ1n) is 8.32. The largest absolute Gasteiger partial charge is 0.376 e. The maximum absolute atomic E-state index is 6.49. The Morgan fingerprint density at radius 2 is 1.85 bits per heavy atom. The van der Waals surface area contributed by atoms with Crippen molar-refractivity contribution < 1.29 is 9.47 Å². The van der Waals surface area contributed by atoms with E-state index in [1.807, 2.05) is 0 Å². The fourth-order valence-electron chi connectivity index (χ4n) is 3.90. The lowest BCUT2D eigenvalue weighted by atomic mass is 9.83. The Labute approximate surface area is 127 Å². The lowest BCUT2D eigenvalue weighted by molar-refractivity contribution is -0.142. The number of thioether (sulfide) groups is 1. The zero-order valence-electron chi connectivity index (χ0n) is 12.6. The van der Waals surface area contributed by atoms with Crippen molar-refractivity contribution in [2.75, 3.05) is 24.7 Å². The summed E-state index contributed by atoms with van der Waals surface area (Å²) >= 11 is 2.06. The van der Waals surface area contributed by atoms with Crippen molar-refractivity contribution in [1.29, 1.82) is 0 Å². The molecule has 2 saturated heterocycles. The van der Waals surface area contributed by atoms with E-state index in [-0.39, 0.29) is 11.1 Å². The van der Waals surface area contributed by atoms with Crippen LogP contribution >= 0.6 is 11.8 Å². The molecular weight excluding hydrogens is 270 g/mol. The van der Waals surface area contributed by atoms with Gasteiger partial charge in [-0.15, -0.1) is 0 Å². The highest BCUT2D eigenvalue weighted by atomic mass is 32.2. The van der Waals surface area contributed by atoms with Gasteiger partial charge in [0, 0.05) is 18.6 Å². The van der Waals surface area contributed by atoms with Crippen LogP contribution in [0.25, 0.3) is 0 Å². The van der Waals surface area contributed by atoms with Crippen LogP contribution < -0.4 is 5.73 Å². The first-order chi connectivity index (χ1) is 9.70. The van der Waals surface area contributed by atoms with Crippen molar-refractivity contribution in [2.24, 2.45) is 5.73 Å². The Bertz CT molecular complexity index is 306. The maximum atomic E-state index is 6.49. The van der Waals surface area contributed by atoms with Gasteiger partial charge < -0.3 is 15.2 Å².